The summed E-state index contributed by atoms with van der Waals surface area (Å²) in [5, 5.41) is 16.3. The molecule has 0 spiro atoms. The first-order valence-corrected chi connectivity index (χ1v) is 36.1. The van der Waals surface area contributed by atoms with Gasteiger partial charge in [-0.05, 0) is 178 Å². The largest absolute Gasteiger partial charge is 0.493 e. The molecular formula is C79H83ClF2N8O5S2. The van der Waals surface area contributed by atoms with Crippen LogP contribution >= 0.6 is 34.3 Å². The molecule has 0 amide bonds. The number of benzene rings is 6. The van der Waals surface area contributed by atoms with E-state index in [1.807, 2.05) is 31.2 Å². The third-order valence-corrected chi connectivity index (χ3v) is 21.0. The fourth-order valence-electron chi connectivity index (χ4n) is 13.5. The van der Waals surface area contributed by atoms with Crippen molar-refractivity contribution in [3.8, 4) is 34.5 Å². The molecule has 13 nitrogen and oxygen atoms in total. The van der Waals surface area contributed by atoms with E-state index >= 15 is 8.78 Å². The predicted molar refractivity (Wildman–Crippen MR) is 392 cm³/mol. The fraction of sp³-hybridized carbons (Fsp3) is 0.367. The van der Waals surface area contributed by atoms with Crippen LogP contribution in [0.1, 0.15) is 174 Å². The lowest BCUT2D eigenvalue weighted by atomic mass is 9.70. The van der Waals surface area contributed by atoms with E-state index < -0.39 is 23.6 Å². The van der Waals surface area contributed by atoms with Crippen molar-refractivity contribution in [3.05, 3.63) is 190 Å². The van der Waals surface area contributed by atoms with Gasteiger partial charge in [0.15, 0.2) is 5.65 Å². The van der Waals surface area contributed by atoms with E-state index in [1.165, 1.54) is 78.4 Å². The van der Waals surface area contributed by atoms with Gasteiger partial charge < -0.3 is 14.2 Å². The van der Waals surface area contributed by atoms with Crippen molar-refractivity contribution >= 4 is 100 Å². The smallest absolute Gasteiger partial charge is 0.335 e. The molecule has 2 fully saturated rings. The Bertz CT molecular complexity index is 4360. The van der Waals surface area contributed by atoms with E-state index in [9.17, 15) is 9.59 Å². The third kappa shape index (κ3) is 18.5. The standard InChI is InChI=1S/C79H83ClF2N8O5S2/c1-6-9-10-11-12-17-41-90(79-87-75-66-22-16-15-21-57(66)35-40-71(75)96-79)84-50-62-44-55(28-38-65(62)59-33-32-58(67(80)46-59)31-25-54-26-36-64(37-27-54)93-42-18-43-94-72(91)7-2)20-14-13-19-53-23-29-56(30-24-53)61-47-68(81)74(69(82)48-61)60-34-39-70(95-73(92)8-3)63(45-60)49-83-89-78-88-77-76(97-78)51(4)85-52(5)86-77/h7-8,15-16,21-22,26-27,32-37,39-40,45-50,53,55-56,62,65H,2-3,6,9-14,17-20,23-24,28-30,38,41-44H2,1,4-5H3,(H,85,86,88,89)/b83-49+,84-50+. The SMILES string of the molecule is C=CC(=O)OCCCOc1ccc(C#Cc2ccc(C3CCC(CCCCC4CCC(c5cc(F)c(-c6ccc(OC(=O)C=C)c(/C=N/Nc7nc8nc(C)nc(C)c8s7)c6)c(F)c5)CC4)CC3/C=N/N(CCCCCCCC)c3nc4c(ccc5ccccc54)s3)cc2Cl)cc1. The molecule has 3 heterocycles. The number of aromatic nitrogens is 4. The number of hydrogen-bond acceptors (Lipinski definition) is 15. The van der Waals surface area contributed by atoms with Crippen LogP contribution in [0.4, 0.5) is 19.0 Å². The summed E-state index contributed by atoms with van der Waals surface area (Å²) in [5.41, 5.74) is 9.18. The maximum Gasteiger partial charge on any atom is 0.335 e. The van der Waals surface area contributed by atoms with Gasteiger partial charge in [-0.2, -0.15) is 15.2 Å². The van der Waals surface area contributed by atoms with Crippen LogP contribution in [0.25, 0.3) is 42.5 Å². The Labute approximate surface area is 580 Å². The molecule has 0 bridgehead atoms. The molecular weight excluding hydrogens is 1280 g/mol. The average Bonchev–Trinajstić information content (AvgIpc) is 1.66. The van der Waals surface area contributed by atoms with Gasteiger partial charge in [-0.1, -0.05) is 166 Å². The lowest BCUT2D eigenvalue weighted by Gasteiger charge is -2.35. The van der Waals surface area contributed by atoms with Crippen LogP contribution in [0.3, 0.4) is 0 Å². The molecule has 9 aromatic rings. The summed E-state index contributed by atoms with van der Waals surface area (Å²) in [5.74, 6) is 7.18. The lowest BCUT2D eigenvalue weighted by Crippen LogP contribution is -2.27. The van der Waals surface area contributed by atoms with E-state index in [0.29, 0.717) is 63.4 Å². The Morgan fingerprint density at radius 1 is 0.753 bits per heavy atom. The molecule has 2 aliphatic carbocycles. The van der Waals surface area contributed by atoms with Gasteiger partial charge in [0.25, 0.3) is 0 Å². The number of halogens is 3. The summed E-state index contributed by atoms with van der Waals surface area (Å²) in [4.78, 5) is 42.3. The first-order chi connectivity index (χ1) is 47.3. The lowest BCUT2D eigenvalue weighted by molar-refractivity contribution is -0.138. The van der Waals surface area contributed by atoms with Crippen LogP contribution in [0.5, 0.6) is 11.5 Å². The summed E-state index contributed by atoms with van der Waals surface area (Å²) >= 11 is 10.2. The average molecular weight is 1360 g/mol. The first-order valence-electron chi connectivity index (χ1n) is 34.1. The predicted octanol–water partition coefficient (Wildman–Crippen LogP) is 20.4. The van der Waals surface area contributed by atoms with E-state index in [-0.39, 0.29) is 41.2 Å². The van der Waals surface area contributed by atoms with Crippen molar-refractivity contribution in [2.24, 2.45) is 28.0 Å². The Morgan fingerprint density at radius 3 is 2.30 bits per heavy atom. The Balaban J connectivity index is 0.731. The molecule has 0 saturated heterocycles. The van der Waals surface area contributed by atoms with E-state index in [2.05, 4.69) is 123 Å². The second-order valence-electron chi connectivity index (χ2n) is 25.5. The van der Waals surface area contributed by atoms with Crippen molar-refractivity contribution < 1.29 is 32.6 Å². The number of hydrazone groups is 2. The second-order valence-corrected chi connectivity index (χ2v) is 27.9. The quantitative estimate of drug-likeness (QED) is 0.00906. The highest BCUT2D eigenvalue weighted by Gasteiger charge is 2.32. The van der Waals surface area contributed by atoms with E-state index in [1.54, 1.807) is 24.3 Å². The Morgan fingerprint density at radius 2 is 1.52 bits per heavy atom. The molecule has 2 aliphatic rings. The summed E-state index contributed by atoms with van der Waals surface area (Å²) in [7, 11) is 0. The molecule has 2 saturated carbocycles. The Hall–Kier alpha value is -8.69. The van der Waals surface area contributed by atoms with Crippen LogP contribution in [0, 0.1) is 55.1 Å². The van der Waals surface area contributed by atoms with Gasteiger partial charge in [0, 0.05) is 59.3 Å². The zero-order valence-electron chi connectivity index (χ0n) is 55.5. The van der Waals surface area contributed by atoms with Gasteiger partial charge in [-0.25, -0.2) is 38.3 Å². The number of aryl methyl sites for hydroxylation is 2. The van der Waals surface area contributed by atoms with Gasteiger partial charge in [-0.3, -0.25) is 5.43 Å². The number of unbranched alkanes of at least 4 members (excludes halogenated alkanes) is 6. The fourth-order valence-corrected chi connectivity index (χ4v) is 15.5. The second kappa shape index (κ2) is 34.0. The molecule has 1 N–H and O–H groups in total. The van der Waals surface area contributed by atoms with Gasteiger partial charge >= 0.3 is 11.9 Å². The highest BCUT2D eigenvalue weighted by Crippen LogP contribution is 2.45. The van der Waals surface area contributed by atoms with Crippen LogP contribution in [-0.2, 0) is 14.3 Å². The molecule has 502 valence electrons. The number of carbonyl (C=O) groups excluding carboxylic acids is 2. The zero-order valence-corrected chi connectivity index (χ0v) is 57.9. The van der Waals surface area contributed by atoms with Gasteiger partial charge in [0.05, 0.1) is 50.6 Å². The van der Waals surface area contributed by atoms with E-state index in [4.69, 9.17) is 35.9 Å². The number of anilines is 2. The van der Waals surface area contributed by atoms with Crippen molar-refractivity contribution in [1.29, 1.82) is 0 Å². The molecule has 3 unspecified atom stereocenters. The number of fused-ring (bicyclic) bond motifs is 4. The van der Waals surface area contributed by atoms with Crippen molar-refractivity contribution in [3.63, 3.8) is 0 Å². The molecule has 18 heteroatoms. The van der Waals surface area contributed by atoms with Crippen LogP contribution in [-0.4, -0.2) is 64.1 Å². The number of ether oxygens (including phenoxy) is 3. The van der Waals surface area contributed by atoms with Gasteiger partial charge in [0.1, 0.15) is 29.0 Å². The number of carbonyl (C=O) groups is 2. The van der Waals surface area contributed by atoms with Crippen LogP contribution < -0.4 is 19.9 Å². The summed E-state index contributed by atoms with van der Waals surface area (Å²) in [6.07, 6.45) is 25.0. The molecule has 6 aromatic carbocycles. The van der Waals surface area contributed by atoms with Crippen LogP contribution in [0.2, 0.25) is 5.02 Å². The zero-order chi connectivity index (χ0) is 67.6. The minimum absolute atomic E-state index is 0.0555. The normalized spacial score (nSPS) is 17.2. The minimum Gasteiger partial charge on any atom is -0.493 e. The Kier molecular flexibility index (Phi) is 24.4. The molecule has 0 radical (unpaired) electrons. The maximum atomic E-state index is 16.3. The molecule has 11 rings (SSSR count). The van der Waals surface area contributed by atoms with Gasteiger partial charge in [0.2, 0.25) is 10.3 Å². The summed E-state index contributed by atoms with van der Waals surface area (Å²) in [6, 6.07) is 34.4. The minimum atomic E-state index is -0.687. The summed E-state index contributed by atoms with van der Waals surface area (Å²) in [6.45, 7) is 14.4. The monoisotopic (exact) mass is 1360 g/mol. The molecule has 0 aliphatic heterocycles. The number of esters is 2. The number of rotatable bonds is 29. The maximum absolute atomic E-state index is 16.3. The number of nitrogens with one attached hydrogen (secondary N) is 1. The first kappa shape index (κ1) is 69.7. The third-order valence-electron chi connectivity index (χ3n) is 18.6. The molecule has 3 atom stereocenters. The number of nitrogens with zero attached hydrogens (tertiary/aromatic N) is 7. The molecule has 97 heavy (non-hydrogen) atoms. The van der Waals surface area contributed by atoms with Crippen molar-refractivity contribution in [1.82, 2.24) is 19.9 Å². The topological polar surface area (TPSA) is 153 Å². The summed E-state index contributed by atoms with van der Waals surface area (Å²) < 4.78 is 51.0. The number of thiazole rings is 2. The van der Waals surface area contributed by atoms with Gasteiger partial charge in [-0.15, -0.1) is 0 Å². The highest BCUT2D eigenvalue weighted by atomic mass is 35.5. The highest BCUT2D eigenvalue weighted by molar-refractivity contribution is 7.22. The van der Waals surface area contributed by atoms with E-state index in [0.717, 1.165) is 144 Å². The van der Waals surface area contributed by atoms with Crippen molar-refractivity contribution in [2.75, 3.05) is 30.2 Å². The van der Waals surface area contributed by atoms with Crippen molar-refractivity contribution in [2.45, 2.75) is 148 Å². The number of hydrogen-bond donors (Lipinski definition) is 1. The molecule has 3 aromatic heterocycles. The van der Waals surface area contributed by atoms with Crippen LogP contribution in [0.15, 0.2) is 145 Å².